The van der Waals surface area contributed by atoms with Gasteiger partial charge in [-0.3, -0.25) is 9.59 Å². The van der Waals surface area contributed by atoms with Crippen molar-refractivity contribution in [2.75, 3.05) is 5.32 Å². The summed E-state index contributed by atoms with van der Waals surface area (Å²) in [5.74, 6) is -3.24. The third kappa shape index (κ3) is 5.16. The first-order valence-corrected chi connectivity index (χ1v) is 8.37. The van der Waals surface area contributed by atoms with Gasteiger partial charge in [-0.25, -0.2) is 4.39 Å². The molecule has 0 aliphatic heterocycles. The van der Waals surface area contributed by atoms with Crippen LogP contribution in [0.2, 0.25) is 0 Å². The number of carbonyl (C=O) groups is 3. The van der Waals surface area contributed by atoms with Gasteiger partial charge in [0.15, 0.2) is 5.76 Å². The average Bonchev–Trinajstić information content (AvgIpc) is 3.24. The van der Waals surface area contributed by atoms with E-state index in [0.717, 1.165) is 0 Å². The zero-order valence-electron chi connectivity index (χ0n) is 14.8. The van der Waals surface area contributed by atoms with Crippen LogP contribution in [0.3, 0.4) is 0 Å². The number of halogens is 1. The Kier molecular flexibility index (Phi) is 5.84. The first-order chi connectivity index (χ1) is 13.9. The van der Waals surface area contributed by atoms with Crippen LogP contribution < -0.4 is 15.7 Å². The fraction of sp³-hybridized carbons (Fsp3) is 0. The van der Waals surface area contributed by atoms with Gasteiger partial charge in [-0.15, -0.1) is 0 Å². The van der Waals surface area contributed by atoms with E-state index in [1.165, 1.54) is 73.0 Å². The summed E-state index contributed by atoms with van der Waals surface area (Å²) in [6, 6.07) is 13.7. The first-order valence-electron chi connectivity index (χ1n) is 8.37. The Balaban J connectivity index is 1.88. The second kappa shape index (κ2) is 8.66. The topological polar surface area (TPSA) is 111 Å². The van der Waals surface area contributed by atoms with E-state index in [0.29, 0.717) is 5.56 Å². The summed E-state index contributed by atoms with van der Waals surface area (Å²) in [6.45, 7) is 0. The van der Waals surface area contributed by atoms with Crippen molar-refractivity contribution in [2.45, 2.75) is 0 Å². The standard InChI is InChI=1S/C21H15FN2O5/c22-15-8-6-13(7-9-15)11-17(24-20(26)18-5-2-10-29-18)19(25)23-16-4-1-3-14(12-16)21(27)28/h1-12H,(H,23,25)(H,24,26)(H,27,28)/p-1/b17-11+. The molecular formula is C21H14FN2O5-. The van der Waals surface area contributed by atoms with Crippen LogP contribution in [0.5, 0.6) is 0 Å². The molecule has 0 unspecified atom stereocenters. The van der Waals surface area contributed by atoms with Gasteiger partial charge in [-0.1, -0.05) is 24.3 Å². The molecule has 7 nitrogen and oxygen atoms in total. The molecule has 29 heavy (non-hydrogen) atoms. The monoisotopic (exact) mass is 393 g/mol. The third-order valence-corrected chi connectivity index (χ3v) is 3.77. The molecule has 3 rings (SSSR count). The number of aromatic carboxylic acids is 1. The minimum Gasteiger partial charge on any atom is -0.545 e. The smallest absolute Gasteiger partial charge is 0.291 e. The Hall–Kier alpha value is -4.20. The van der Waals surface area contributed by atoms with Gasteiger partial charge in [0.1, 0.15) is 11.5 Å². The maximum atomic E-state index is 13.1. The van der Waals surface area contributed by atoms with Crippen LogP contribution in [-0.4, -0.2) is 17.8 Å². The molecule has 8 heteroatoms. The molecule has 2 amide bonds. The highest BCUT2D eigenvalue weighted by Gasteiger charge is 2.17. The summed E-state index contributed by atoms with van der Waals surface area (Å²) in [6.07, 6.45) is 2.65. The van der Waals surface area contributed by atoms with E-state index in [-0.39, 0.29) is 22.7 Å². The van der Waals surface area contributed by atoms with E-state index >= 15 is 0 Å². The van der Waals surface area contributed by atoms with Gasteiger partial charge >= 0.3 is 0 Å². The van der Waals surface area contributed by atoms with Crippen LogP contribution in [0.4, 0.5) is 10.1 Å². The molecule has 2 aromatic carbocycles. The van der Waals surface area contributed by atoms with Gasteiger partial charge in [-0.2, -0.15) is 0 Å². The van der Waals surface area contributed by atoms with Gasteiger partial charge < -0.3 is 25.0 Å². The minimum absolute atomic E-state index is 0.0123. The molecule has 0 atom stereocenters. The maximum Gasteiger partial charge on any atom is 0.291 e. The number of carboxylic acid groups (broad SMARTS) is 1. The molecule has 2 N–H and O–H groups in total. The molecule has 0 aliphatic carbocycles. The Bertz CT molecular complexity index is 1070. The number of anilines is 1. The third-order valence-electron chi connectivity index (χ3n) is 3.77. The average molecular weight is 393 g/mol. The summed E-state index contributed by atoms with van der Waals surface area (Å²) in [7, 11) is 0. The van der Waals surface area contributed by atoms with E-state index in [4.69, 9.17) is 4.42 Å². The summed E-state index contributed by atoms with van der Waals surface area (Å²) in [5.41, 5.74) is 0.372. The normalized spacial score (nSPS) is 11.0. The van der Waals surface area contributed by atoms with Crippen LogP contribution in [0.25, 0.3) is 6.08 Å². The number of carbonyl (C=O) groups excluding carboxylic acids is 3. The Morgan fingerprint density at radius 3 is 2.41 bits per heavy atom. The molecule has 0 bridgehead atoms. The van der Waals surface area contributed by atoms with Crippen molar-refractivity contribution in [1.29, 1.82) is 0 Å². The summed E-state index contributed by atoms with van der Waals surface area (Å²) < 4.78 is 18.1. The highest BCUT2D eigenvalue weighted by atomic mass is 19.1. The van der Waals surface area contributed by atoms with Crippen molar-refractivity contribution < 1.29 is 28.3 Å². The number of hydrogen-bond donors (Lipinski definition) is 2. The van der Waals surface area contributed by atoms with Crippen molar-refractivity contribution in [3.8, 4) is 0 Å². The first kappa shape index (κ1) is 19.6. The molecule has 0 aliphatic rings. The van der Waals surface area contributed by atoms with Crippen molar-refractivity contribution >= 4 is 29.5 Å². The van der Waals surface area contributed by atoms with Gasteiger partial charge in [0, 0.05) is 5.69 Å². The van der Waals surface area contributed by atoms with Crippen molar-refractivity contribution in [3.05, 3.63) is 95.3 Å². The lowest BCUT2D eigenvalue weighted by Gasteiger charge is -2.11. The molecular weight excluding hydrogens is 379 g/mol. The van der Waals surface area contributed by atoms with Gasteiger partial charge in [0.05, 0.1) is 12.2 Å². The Labute approximate surface area is 164 Å². The molecule has 0 radical (unpaired) electrons. The number of nitrogens with one attached hydrogen (secondary N) is 2. The highest BCUT2D eigenvalue weighted by molar-refractivity contribution is 6.10. The maximum absolute atomic E-state index is 13.1. The predicted molar refractivity (Wildman–Crippen MR) is 100.0 cm³/mol. The van der Waals surface area contributed by atoms with E-state index in [9.17, 15) is 23.9 Å². The lowest BCUT2D eigenvalue weighted by Crippen LogP contribution is -2.30. The van der Waals surface area contributed by atoms with Crippen molar-refractivity contribution in [3.63, 3.8) is 0 Å². The SMILES string of the molecule is O=C(Nc1cccc(C(=O)[O-])c1)/C(=C\c1ccc(F)cc1)NC(=O)c1ccco1. The van der Waals surface area contributed by atoms with Crippen molar-refractivity contribution in [2.24, 2.45) is 0 Å². The second-order valence-electron chi connectivity index (χ2n) is 5.86. The second-order valence-corrected chi connectivity index (χ2v) is 5.86. The fourth-order valence-corrected chi connectivity index (χ4v) is 2.40. The predicted octanol–water partition coefficient (Wildman–Crippen LogP) is 2.19. The number of rotatable bonds is 6. The molecule has 3 aromatic rings. The number of benzene rings is 2. The van der Waals surface area contributed by atoms with Crippen LogP contribution in [0, 0.1) is 5.82 Å². The number of hydrogen-bond acceptors (Lipinski definition) is 5. The molecule has 146 valence electrons. The van der Waals surface area contributed by atoms with Crippen LogP contribution in [-0.2, 0) is 4.79 Å². The van der Waals surface area contributed by atoms with Crippen LogP contribution in [0.1, 0.15) is 26.5 Å². The Morgan fingerprint density at radius 2 is 1.76 bits per heavy atom. The molecule has 1 heterocycles. The van der Waals surface area contributed by atoms with Crippen LogP contribution in [0.15, 0.2) is 77.0 Å². The summed E-state index contributed by atoms with van der Waals surface area (Å²) in [4.78, 5) is 36.0. The molecule has 0 spiro atoms. The molecule has 0 saturated heterocycles. The zero-order chi connectivity index (χ0) is 20.8. The van der Waals surface area contributed by atoms with Gasteiger partial charge in [0.25, 0.3) is 11.8 Å². The lowest BCUT2D eigenvalue weighted by molar-refractivity contribution is -0.255. The van der Waals surface area contributed by atoms with E-state index < -0.39 is 23.6 Å². The summed E-state index contributed by atoms with van der Waals surface area (Å²) >= 11 is 0. The quantitative estimate of drug-likeness (QED) is 0.624. The van der Waals surface area contributed by atoms with E-state index in [1.54, 1.807) is 0 Å². The van der Waals surface area contributed by atoms with E-state index in [2.05, 4.69) is 10.6 Å². The fourth-order valence-electron chi connectivity index (χ4n) is 2.40. The summed E-state index contributed by atoms with van der Waals surface area (Å²) in [5, 5.41) is 15.9. The zero-order valence-corrected chi connectivity index (χ0v) is 14.8. The molecule has 0 fully saturated rings. The molecule has 0 saturated carbocycles. The van der Waals surface area contributed by atoms with Crippen LogP contribution >= 0.6 is 0 Å². The Morgan fingerprint density at radius 1 is 1.00 bits per heavy atom. The van der Waals surface area contributed by atoms with Crippen molar-refractivity contribution in [1.82, 2.24) is 5.32 Å². The number of amides is 2. The number of carboxylic acids is 1. The van der Waals surface area contributed by atoms with E-state index in [1.807, 2.05) is 0 Å². The van der Waals surface area contributed by atoms with Gasteiger partial charge in [-0.05, 0) is 53.6 Å². The lowest BCUT2D eigenvalue weighted by atomic mass is 10.1. The number of furan rings is 1. The van der Waals surface area contributed by atoms with Gasteiger partial charge in [0.2, 0.25) is 0 Å². The minimum atomic E-state index is -1.39. The molecule has 1 aromatic heterocycles. The largest absolute Gasteiger partial charge is 0.545 e. The highest BCUT2D eigenvalue weighted by Crippen LogP contribution is 2.14.